The van der Waals surface area contributed by atoms with E-state index in [4.69, 9.17) is 0 Å². The van der Waals surface area contributed by atoms with Gasteiger partial charge in [0.1, 0.15) is 0 Å². The van der Waals surface area contributed by atoms with E-state index in [2.05, 4.69) is 50.5 Å². The van der Waals surface area contributed by atoms with Gasteiger partial charge < -0.3 is 5.32 Å². The Bertz CT molecular complexity index is 368. The molecule has 0 radical (unpaired) electrons. The molecule has 0 bridgehead atoms. The van der Waals surface area contributed by atoms with E-state index in [1.807, 2.05) is 0 Å². The van der Waals surface area contributed by atoms with Crippen LogP contribution in [0.15, 0.2) is 24.3 Å². The van der Waals surface area contributed by atoms with Crippen molar-refractivity contribution >= 4 is 0 Å². The Morgan fingerprint density at radius 2 is 1.79 bits per heavy atom. The lowest BCUT2D eigenvalue weighted by Crippen LogP contribution is -2.32. The van der Waals surface area contributed by atoms with E-state index in [0.29, 0.717) is 6.04 Å². The van der Waals surface area contributed by atoms with E-state index in [0.717, 1.165) is 18.3 Å². The van der Waals surface area contributed by atoms with Crippen molar-refractivity contribution in [3.05, 3.63) is 35.4 Å². The molecule has 1 aromatic carbocycles. The van der Waals surface area contributed by atoms with Crippen LogP contribution in [0.1, 0.15) is 63.1 Å². The summed E-state index contributed by atoms with van der Waals surface area (Å²) in [7, 11) is 2.12. The van der Waals surface area contributed by atoms with E-state index < -0.39 is 0 Å². The summed E-state index contributed by atoms with van der Waals surface area (Å²) in [6, 6.07) is 9.80. The topological polar surface area (TPSA) is 12.0 Å². The van der Waals surface area contributed by atoms with Gasteiger partial charge in [-0.2, -0.15) is 0 Å². The molecule has 19 heavy (non-hydrogen) atoms. The van der Waals surface area contributed by atoms with Crippen molar-refractivity contribution in [2.75, 3.05) is 7.05 Å². The lowest BCUT2D eigenvalue weighted by molar-refractivity contribution is 0.180. The van der Waals surface area contributed by atoms with E-state index in [1.165, 1.54) is 43.2 Å². The molecule has 0 saturated heterocycles. The summed E-state index contributed by atoms with van der Waals surface area (Å²) in [4.78, 5) is 0. The first-order valence-corrected chi connectivity index (χ1v) is 8.06. The summed E-state index contributed by atoms with van der Waals surface area (Å²) in [6.07, 6.45) is 8.11. The Balaban J connectivity index is 2.17. The summed E-state index contributed by atoms with van der Waals surface area (Å²) in [5.41, 5.74) is 2.92. The van der Waals surface area contributed by atoms with Crippen LogP contribution in [-0.2, 0) is 6.42 Å². The van der Waals surface area contributed by atoms with Gasteiger partial charge in [0.05, 0.1) is 0 Å². The number of nitrogens with one attached hydrogen (secondary N) is 1. The van der Waals surface area contributed by atoms with Crippen LogP contribution in [0.4, 0.5) is 0 Å². The molecule has 1 N–H and O–H groups in total. The maximum atomic E-state index is 3.59. The highest BCUT2D eigenvalue weighted by molar-refractivity contribution is 5.25. The largest absolute Gasteiger partial charge is 0.313 e. The highest BCUT2D eigenvalue weighted by Crippen LogP contribution is 2.40. The predicted molar refractivity (Wildman–Crippen MR) is 83.4 cm³/mol. The van der Waals surface area contributed by atoms with Gasteiger partial charge in [-0.05, 0) is 42.9 Å². The van der Waals surface area contributed by atoms with Crippen molar-refractivity contribution in [3.63, 3.8) is 0 Å². The maximum absolute atomic E-state index is 3.59. The van der Waals surface area contributed by atoms with Crippen LogP contribution < -0.4 is 5.32 Å². The Hall–Kier alpha value is -0.820. The minimum absolute atomic E-state index is 0.538. The highest BCUT2D eigenvalue weighted by atomic mass is 14.9. The standard InChI is InChI=1S/C18H29N/c1-4-14-10-12-16(13-11-14)18(19-3)17-9-7-6-8-15(17)5-2/h10-13,15,17-19H,4-9H2,1-3H3. The normalized spacial score (nSPS) is 25.2. The molecule has 1 fully saturated rings. The summed E-state index contributed by atoms with van der Waals surface area (Å²) in [5, 5.41) is 3.59. The van der Waals surface area contributed by atoms with Gasteiger partial charge in [-0.15, -0.1) is 0 Å². The fraction of sp³-hybridized carbons (Fsp3) is 0.667. The monoisotopic (exact) mass is 259 g/mol. The van der Waals surface area contributed by atoms with Gasteiger partial charge in [-0.1, -0.05) is 63.8 Å². The van der Waals surface area contributed by atoms with E-state index in [9.17, 15) is 0 Å². The summed E-state index contributed by atoms with van der Waals surface area (Å²) in [6.45, 7) is 4.58. The molecule has 1 aromatic rings. The van der Waals surface area contributed by atoms with Gasteiger partial charge >= 0.3 is 0 Å². The molecular weight excluding hydrogens is 230 g/mol. The molecule has 0 spiro atoms. The first-order chi connectivity index (χ1) is 9.30. The van der Waals surface area contributed by atoms with Crippen LogP contribution in [0.5, 0.6) is 0 Å². The Labute approximate surface area is 118 Å². The van der Waals surface area contributed by atoms with Crippen LogP contribution in [-0.4, -0.2) is 7.05 Å². The van der Waals surface area contributed by atoms with Gasteiger partial charge in [0.25, 0.3) is 0 Å². The van der Waals surface area contributed by atoms with Crippen LogP contribution in [0.25, 0.3) is 0 Å². The molecule has 0 aromatic heterocycles. The molecular formula is C18H29N. The van der Waals surface area contributed by atoms with Crippen LogP contribution >= 0.6 is 0 Å². The van der Waals surface area contributed by atoms with Gasteiger partial charge in [0.15, 0.2) is 0 Å². The molecule has 1 heteroatoms. The van der Waals surface area contributed by atoms with Crippen molar-refractivity contribution in [1.29, 1.82) is 0 Å². The number of aryl methyl sites for hydroxylation is 1. The maximum Gasteiger partial charge on any atom is 0.0348 e. The molecule has 0 heterocycles. The van der Waals surface area contributed by atoms with Crippen molar-refractivity contribution in [2.24, 2.45) is 11.8 Å². The number of rotatable bonds is 5. The summed E-state index contributed by atoms with van der Waals surface area (Å²) in [5.74, 6) is 1.72. The Morgan fingerprint density at radius 1 is 1.11 bits per heavy atom. The SMILES string of the molecule is CCc1ccc(C(NC)C2CCCCC2CC)cc1. The van der Waals surface area contributed by atoms with Gasteiger partial charge in [0, 0.05) is 6.04 Å². The second kappa shape index (κ2) is 7.09. The Kier molecular flexibility index (Phi) is 5.45. The van der Waals surface area contributed by atoms with E-state index in [1.54, 1.807) is 0 Å². The van der Waals surface area contributed by atoms with Crippen LogP contribution in [0.2, 0.25) is 0 Å². The van der Waals surface area contributed by atoms with Crippen molar-refractivity contribution in [3.8, 4) is 0 Å². The van der Waals surface area contributed by atoms with Gasteiger partial charge in [-0.25, -0.2) is 0 Å². The number of hydrogen-bond donors (Lipinski definition) is 1. The molecule has 3 unspecified atom stereocenters. The third-order valence-electron chi connectivity index (χ3n) is 4.98. The molecule has 0 amide bonds. The number of benzene rings is 1. The smallest absolute Gasteiger partial charge is 0.0348 e. The zero-order chi connectivity index (χ0) is 13.7. The van der Waals surface area contributed by atoms with Crippen molar-refractivity contribution in [1.82, 2.24) is 5.32 Å². The molecule has 3 atom stereocenters. The Morgan fingerprint density at radius 3 is 2.37 bits per heavy atom. The zero-order valence-electron chi connectivity index (χ0n) is 12.8. The van der Waals surface area contributed by atoms with Crippen LogP contribution in [0, 0.1) is 11.8 Å². The second-order valence-corrected chi connectivity index (χ2v) is 5.98. The lowest BCUT2D eigenvalue weighted by atomic mass is 9.72. The van der Waals surface area contributed by atoms with E-state index in [-0.39, 0.29) is 0 Å². The summed E-state index contributed by atoms with van der Waals surface area (Å²) >= 11 is 0. The molecule has 1 aliphatic carbocycles. The quantitative estimate of drug-likeness (QED) is 0.806. The minimum Gasteiger partial charge on any atom is -0.313 e. The summed E-state index contributed by atoms with van der Waals surface area (Å²) < 4.78 is 0. The third-order valence-corrected chi connectivity index (χ3v) is 4.98. The average molecular weight is 259 g/mol. The number of hydrogen-bond acceptors (Lipinski definition) is 1. The van der Waals surface area contributed by atoms with Crippen molar-refractivity contribution < 1.29 is 0 Å². The third kappa shape index (κ3) is 3.39. The molecule has 0 aliphatic heterocycles. The first-order valence-electron chi connectivity index (χ1n) is 8.06. The molecule has 106 valence electrons. The zero-order valence-corrected chi connectivity index (χ0v) is 12.8. The molecule has 2 rings (SSSR count). The first kappa shape index (κ1) is 14.6. The van der Waals surface area contributed by atoms with Crippen LogP contribution in [0.3, 0.4) is 0 Å². The fourth-order valence-corrected chi connectivity index (χ4v) is 3.77. The fourth-order valence-electron chi connectivity index (χ4n) is 3.77. The van der Waals surface area contributed by atoms with Crippen molar-refractivity contribution in [2.45, 2.75) is 58.4 Å². The lowest BCUT2D eigenvalue weighted by Gasteiger charge is -2.37. The van der Waals surface area contributed by atoms with E-state index >= 15 is 0 Å². The predicted octanol–water partition coefficient (Wildman–Crippen LogP) is 4.73. The van der Waals surface area contributed by atoms with Gasteiger partial charge in [-0.3, -0.25) is 0 Å². The van der Waals surface area contributed by atoms with Gasteiger partial charge in [0.2, 0.25) is 0 Å². The average Bonchev–Trinajstić information content (AvgIpc) is 2.49. The minimum atomic E-state index is 0.538. The molecule has 1 saturated carbocycles. The highest BCUT2D eigenvalue weighted by Gasteiger charge is 2.30. The molecule has 1 nitrogen and oxygen atoms in total. The second-order valence-electron chi connectivity index (χ2n) is 5.98. The molecule has 1 aliphatic rings.